The molecule has 3 aromatic heterocycles. The first-order valence-electron chi connectivity index (χ1n) is 6.14. The van der Waals surface area contributed by atoms with Crippen LogP contribution in [0.2, 0.25) is 0 Å². The van der Waals surface area contributed by atoms with E-state index in [2.05, 4.69) is 25.6 Å². The van der Waals surface area contributed by atoms with Crippen molar-refractivity contribution >= 4 is 5.97 Å². The largest absolute Gasteiger partial charge is 0.476 e. The van der Waals surface area contributed by atoms with Crippen LogP contribution < -0.4 is 0 Å². The van der Waals surface area contributed by atoms with Crippen LogP contribution in [0.3, 0.4) is 0 Å². The summed E-state index contributed by atoms with van der Waals surface area (Å²) >= 11 is 0. The van der Waals surface area contributed by atoms with Crippen LogP contribution in [0.25, 0.3) is 11.3 Å². The Kier molecular flexibility index (Phi) is 3.18. The summed E-state index contributed by atoms with van der Waals surface area (Å²) in [6, 6.07) is 0. The molecule has 0 radical (unpaired) electrons. The SMILES string of the molecule is CCn1cc(-c2c(C(=O)O)nnn2Cc2ncno2)cn1. The number of carboxylic acids is 1. The lowest BCUT2D eigenvalue weighted by molar-refractivity contribution is 0.0691. The second-order valence-corrected chi connectivity index (χ2v) is 4.17. The molecule has 0 aliphatic heterocycles. The Morgan fingerprint density at radius 3 is 2.95 bits per heavy atom. The lowest BCUT2D eigenvalue weighted by Gasteiger charge is -2.02. The second kappa shape index (κ2) is 5.15. The highest BCUT2D eigenvalue weighted by Crippen LogP contribution is 2.22. The molecule has 21 heavy (non-hydrogen) atoms. The minimum Gasteiger partial charge on any atom is -0.476 e. The molecule has 3 aromatic rings. The molecule has 0 aliphatic rings. The van der Waals surface area contributed by atoms with Crippen molar-refractivity contribution in [3.8, 4) is 11.3 Å². The highest BCUT2D eigenvalue weighted by Gasteiger charge is 2.22. The Balaban J connectivity index is 2.06. The van der Waals surface area contributed by atoms with Gasteiger partial charge in [0.05, 0.1) is 6.20 Å². The smallest absolute Gasteiger partial charge is 0.358 e. The number of aryl methyl sites for hydroxylation is 1. The molecular weight excluding hydrogens is 278 g/mol. The van der Waals surface area contributed by atoms with Gasteiger partial charge in [-0.3, -0.25) is 4.68 Å². The van der Waals surface area contributed by atoms with Crippen molar-refractivity contribution in [2.24, 2.45) is 0 Å². The molecule has 0 fully saturated rings. The van der Waals surface area contributed by atoms with E-state index >= 15 is 0 Å². The molecule has 0 saturated carbocycles. The molecule has 3 heterocycles. The van der Waals surface area contributed by atoms with Crippen molar-refractivity contribution in [1.29, 1.82) is 0 Å². The first kappa shape index (κ1) is 13.0. The summed E-state index contributed by atoms with van der Waals surface area (Å²) in [6.07, 6.45) is 4.56. The Hall–Kier alpha value is -3.04. The summed E-state index contributed by atoms with van der Waals surface area (Å²) in [5.74, 6) is -0.855. The normalized spacial score (nSPS) is 10.9. The van der Waals surface area contributed by atoms with Crippen LogP contribution in [0.5, 0.6) is 0 Å². The average Bonchev–Trinajstić information content (AvgIpc) is 3.18. The quantitative estimate of drug-likeness (QED) is 0.710. The van der Waals surface area contributed by atoms with Gasteiger partial charge in [-0.15, -0.1) is 5.10 Å². The summed E-state index contributed by atoms with van der Waals surface area (Å²) in [5, 5.41) is 24.4. The molecule has 0 unspecified atom stereocenters. The lowest BCUT2D eigenvalue weighted by atomic mass is 10.2. The lowest BCUT2D eigenvalue weighted by Crippen LogP contribution is -2.06. The van der Waals surface area contributed by atoms with Crippen LogP contribution >= 0.6 is 0 Å². The number of aromatic nitrogens is 7. The maximum Gasteiger partial charge on any atom is 0.358 e. The zero-order valence-corrected chi connectivity index (χ0v) is 11.0. The number of nitrogens with zero attached hydrogens (tertiary/aromatic N) is 7. The number of carbonyl (C=O) groups is 1. The molecule has 10 heteroatoms. The Morgan fingerprint density at radius 1 is 1.48 bits per heavy atom. The van der Waals surface area contributed by atoms with Gasteiger partial charge in [-0.05, 0) is 6.92 Å². The Morgan fingerprint density at radius 2 is 2.33 bits per heavy atom. The maximum absolute atomic E-state index is 11.3. The van der Waals surface area contributed by atoms with Gasteiger partial charge >= 0.3 is 5.97 Å². The van der Waals surface area contributed by atoms with Crippen molar-refractivity contribution < 1.29 is 14.4 Å². The van der Waals surface area contributed by atoms with E-state index in [-0.39, 0.29) is 12.2 Å². The summed E-state index contributed by atoms with van der Waals surface area (Å²) < 4.78 is 7.99. The number of hydrogen-bond acceptors (Lipinski definition) is 7. The molecule has 10 nitrogen and oxygen atoms in total. The fraction of sp³-hybridized carbons (Fsp3) is 0.273. The monoisotopic (exact) mass is 289 g/mol. The standard InChI is InChI=1S/C11H11N7O3/c1-2-17-4-7(3-13-17)10-9(11(19)20)15-16-18(10)5-8-12-6-14-21-8/h3-4,6H,2,5H2,1H3,(H,19,20). The topological polar surface area (TPSA) is 125 Å². The molecular formula is C11H11N7O3. The maximum atomic E-state index is 11.3. The van der Waals surface area contributed by atoms with E-state index < -0.39 is 5.97 Å². The van der Waals surface area contributed by atoms with E-state index in [1.165, 1.54) is 11.0 Å². The molecule has 0 spiro atoms. The van der Waals surface area contributed by atoms with Crippen molar-refractivity contribution in [3.63, 3.8) is 0 Å². The Labute approximate surface area is 118 Å². The van der Waals surface area contributed by atoms with Gasteiger partial charge in [0.15, 0.2) is 12.0 Å². The van der Waals surface area contributed by atoms with Crippen molar-refractivity contribution in [3.05, 3.63) is 30.3 Å². The van der Waals surface area contributed by atoms with Crippen molar-refractivity contribution in [2.45, 2.75) is 20.0 Å². The van der Waals surface area contributed by atoms with Gasteiger partial charge in [0.1, 0.15) is 12.2 Å². The fourth-order valence-corrected chi connectivity index (χ4v) is 1.91. The summed E-state index contributed by atoms with van der Waals surface area (Å²) in [6.45, 7) is 2.74. The van der Waals surface area contributed by atoms with E-state index in [9.17, 15) is 9.90 Å². The van der Waals surface area contributed by atoms with Gasteiger partial charge in [-0.1, -0.05) is 10.4 Å². The predicted molar refractivity (Wildman–Crippen MR) is 67.3 cm³/mol. The van der Waals surface area contributed by atoms with Crippen molar-refractivity contribution in [2.75, 3.05) is 0 Å². The van der Waals surface area contributed by atoms with Gasteiger partial charge in [0, 0.05) is 18.3 Å². The first-order valence-corrected chi connectivity index (χ1v) is 6.14. The minimum atomic E-state index is -1.16. The van der Waals surface area contributed by atoms with Gasteiger partial charge in [0.25, 0.3) is 0 Å². The molecule has 0 aromatic carbocycles. The van der Waals surface area contributed by atoms with Crippen molar-refractivity contribution in [1.82, 2.24) is 34.9 Å². The molecule has 3 rings (SSSR count). The third-order valence-corrected chi connectivity index (χ3v) is 2.86. The Bertz CT molecular complexity index is 759. The average molecular weight is 289 g/mol. The van der Waals surface area contributed by atoms with Gasteiger partial charge in [-0.2, -0.15) is 10.1 Å². The van der Waals surface area contributed by atoms with Crippen LogP contribution in [-0.2, 0) is 13.1 Å². The predicted octanol–water partition coefficient (Wildman–Crippen LogP) is 0.291. The molecule has 0 saturated heterocycles. The molecule has 0 aliphatic carbocycles. The summed E-state index contributed by atoms with van der Waals surface area (Å²) in [5.41, 5.74) is 0.810. The second-order valence-electron chi connectivity index (χ2n) is 4.17. The first-order chi connectivity index (χ1) is 10.2. The van der Waals surface area contributed by atoms with Crippen LogP contribution in [0.15, 0.2) is 23.2 Å². The molecule has 0 amide bonds. The molecule has 1 N–H and O–H groups in total. The molecule has 108 valence electrons. The van der Waals surface area contributed by atoms with E-state index in [1.54, 1.807) is 17.1 Å². The zero-order chi connectivity index (χ0) is 14.8. The summed E-state index contributed by atoms with van der Waals surface area (Å²) in [4.78, 5) is 15.2. The molecule has 0 atom stereocenters. The zero-order valence-electron chi connectivity index (χ0n) is 11.0. The molecule has 0 bridgehead atoms. The van der Waals surface area contributed by atoms with Crippen LogP contribution in [0.1, 0.15) is 23.3 Å². The minimum absolute atomic E-state index is 0.132. The van der Waals surface area contributed by atoms with E-state index in [0.29, 0.717) is 23.7 Å². The number of rotatable bonds is 5. The van der Waals surface area contributed by atoms with Gasteiger partial charge in [-0.25, -0.2) is 9.48 Å². The highest BCUT2D eigenvalue weighted by atomic mass is 16.5. The number of aromatic carboxylic acids is 1. The number of carboxylic acid groups (broad SMARTS) is 1. The van der Waals surface area contributed by atoms with Crippen LogP contribution in [0, 0.1) is 0 Å². The van der Waals surface area contributed by atoms with E-state index in [1.807, 2.05) is 6.92 Å². The van der Waals surface area contributed by atoms with Crippen LogP contribution in [0.4, 0.5) is 0 Å². The van der Waals surface area contributed by atoms with Gasteiger partial charge < -0.3 is 9.63 Å². The highest BCUT2D eigenvalue weighted by molar-refractivity contribution is 5.92. The van der Waals surface area contributed by atoms with Gasteiger partial charge in [0.2, 0.25) is 5.89 Å². The van der Waals surface area contributed by atoms with E-state index in [4.69, 9.17) is 4.52 Å². The van der Waals surface area contributed by atoms with Crippen LogP contribution in [-0.4, -0.2) is 46.0 Å². The van der Waals surface area contributed by atoms with E-state index in [0.717, 1.165) is 0 Å². The third kappa shape index (κ3) is 2.38. The summed E-state index contributed by atoms with van der Waals surface area (Å²) in [7, 11) is 0. The number of hydrogen-bond donors (Lipinski definition) is 1. The third-order valence-electron chi connectivity index (χ3n) is 2.86. The fourth-order valence-electron chi connectivity index (χ4n) is 1.91.